The molecule has 0 atom stereocenters. The van der Waals surface area contributed by atoms with Crippen molar-refractivity contribution >= 4 is 54.1 Å². The molecule has 0 heterocycles. The fourth-order valence-electron chi connectivity index (χ4n) is 1.07. The molecule has 0 fully saturated rings. The fraction of sp³-hybridized carbons (Fsp3) is 0.125. The zero-order valence-electron chi connectivity index (χ0n) is 8.12. The van der Waals surface area contributed by atoms with Crippen LogP contribution >= 0.6 is 45.0 Å². The lowest BCUT2D eigenvalue weighted by atomic mass is 10.2. The van der Waals surface area contributed by atoms with Gasteiger partial charge in [-0.1, -0.05) is 0 Å². The number of hydrogen-bond donors (Lipinski definition) is 0. The van der Waals surface area contributed by atoms with Gasteiger partial charge < -0.3 is 0 Å². The van der Waals surface area contributed by atoms with Crippen LogP contribution in [0.1, 0.15) is 5.56 Å². The lowest BCUT2D eigenvalue weighted by Crippen LogP contribution is -2.05. The second-order valence-electron chi connectivity index (χ2n) is 2.88. The van der Waals surface area contributed by atoms with Crippen molar-refractivity contribution in [2.24, 2.45) is 0 Å². The van der Waals surface area contributed by atoms with E-state index in [9.17, 15) is 21.6 Å². The molecule has 0 saturated heterocycles. The van der Waals surface area contributed by atoms with Crippen LogP contribution in [-0.2, 0) is 9.05 Å². The highest BCUT2D eigenvalue weighted by Gasteiger charge is 2.33. The summed E-state index contributed by atoms with van der Waals surface area (Å²) in [5.74, 6) is 0. The third-order valence-electron chi connectivity index (χ3n) is 1.61. The molecule has 0 amide bonds. The summed E-state index contributed by atoms with van der Waals surface area (Å²) in [6.07, 6.45) is 0. The molecule has 0 spiro atoms. The van der Waals surface area contributed by atoms with Gasteiger partial charge in [0.2, 0.25) is 0 Å². The number of halogens is 5. The summed E-state index contributed by atoms with van der Waals surface area (Å²) in [6, 6.07) is 3.64. The minimum absolute atomic E-state index is 0.0339. The largest absolute Gasteiger partial charge is 0.446 e. The Kier molecular flexibility index (Phi) is 4.80. The smallest absolute Gasteiger partial charge is 0.207 e. The van der Waals surface area contributed by atoms with Crippen molar-refractivity contribution in [3.05, 3.63) is 21.3 Å². The van der Waals surface area contributed by atoms with Crippen molar-refractivity contribution in [3.8, 4) is 6.07 Å². The summed E-state index contributed by atoms with van der Waals surface area (Å²) >= 11 is 0.895. The quantitative estimate of drug-likeness (QED) is 0.410. The van der Waals surface area contributed by atoms with E-state index in [-0.39, 0.29) is 9.13 Å². The summed E-state index contributed by atoms with van der Waals surface area (Å²) in [7, 11) is 0.770. The molecule has 0 aromatic heterocycles. The Labute approximate surface area is 123 Å². The van der Waals surface area contributed by atoms with Crippen LogP contribution in [0.2, 0.25) is 0 Å². The number of thioether (sulfide) groups is 1. The van der Waals surface area contributed by atoms with Gasteiger partial charge in [-0.15, -0.1) is 0 Å². The molecule has 0 saturated carbocycles. The Morgan fingerprint density at radius 3 is 2.33 bits per heavy atom. The normalized spacial score (nSPS) is 12.2. The Hall–Kier alpha value is -0.180. The van der Waals surface area contributed by atoms with Gasteiger partial charge in [0.25, 0.3) is 9.05 Å². The minimum Gasteiger partial charge on any atom is -0.207 e. The predicted octanol–water partition coefficient (Wildman–Crippen LogP) is 3.70. The Morgan fingerprint density at radius 2 is 1.94 bits per heavy atom. The van der Waals surface area contributed by atoms with Gasteiger partial charge in [0.1, 0.15) is 4.90 Å². The zero-order valence-corrected chi connectivity index (χ0v) is 12.7. The highest BCUT2D eigenvalue weighted by atomic mass is 127. The molecule has 0 unspecified atom stereocenters. The number of alkyl halides is 3. The molecule has 1 aromatic carbocycles. The summed E-state index contributed by atoms with van der Waals surface area (Å²) < 4.78 is 59.4. The van der Waals surface area contributed by atoms with Crippen LogP contribution in [0, 0.1) is 14.9 Å². The number of rotatable bonds is 2. The molecule has 18 heavy (non-hydrogen) atoms. The van der Waals surface area contributed by atoms with Gasteiger partial charge in [0, 0.05) is 19.1 Å². The first-order valence-corrected chi connectivity index (χ1v) is 8.19. The van der Waals surface area contributed by atoms with Crippen LogP contribution in [-0.4, -0.2) is 13.9 Å². The van der Waals surface area contributed by atoms with Gasteiger partial charge in [-0.25, -0.2) is 8.42 Å². The summed E-state index contributed by atoms with van der Waals surface area (Å²) in [5, 5.41) is 8.65. The van der Waals surface area contributed by atoms with E-state index < -0.39 is 36.1 Å². The monoisotopic (exact) mass is 427 g/mol. The third-order valence-corrected chi connectivity index (χ3v) is 5.12. The van der Waals surface area contributed by atoms with Gasteiger partial charge in [-0.2, -0.15) is 18.4 Å². The Balaban J connectivity index is 3.55. The van der Waals surface area contributed by atoms with Gasteiger partial charge in [-0.05, 0) is 46.5 Å². The van der Waals surface area contributed by atoms with Crippen LogP contribution < -0.4 is 0 Å². The molecule has 0 N–H and O–H groups in total. The second-order valence-corrected chi connectivity index (χ2v) is 7.65. The molecule has 0 radical (unpaired) electrons. The van der Waals surface area contributed by atoms with E-state index in [0.29, 0.717) is 0 Å². The first-order valence-electron chi connectivity index (χ1n) is 3.98. The molecule has 3 nitrogen and oxygen atoms in total. The van der Waals surface area contributed by atoms with Gasteiger partial charge in [-0.3, -0.25) is 0 Å². The van der Waals surface area contributed by atoms with Crippen molar-refractivity contribution in [3.63, 3.8) is 0 Å². The van der Waals surface area contributed by atoms with E-state index in [1.165, 1.54) is 22.6 Å². The molecule has 0 aliphatic carbocycles. The molecule has 98 valence electrons. The van der Waals surface area contributed by atoms with E-state index in [2.05, 4.69) is 0 Å². The fourth-order valence-corrected chi connectivity index (χ4v) is 5.46. The van der Waals surface area contributed by atoms with E-state index >= 15 is 0 Å². The molecule has 0 aliphatic heterocycles. The lowest BCUT2D eigenvalue weighted by molar-refractivity contribution is -0.0329. The molecule has 0 aliphatic rings. The number of hydrogen-bond acceptors (Lipinski definition) is 4. The molecule has 10 heteroatoms. The Bertz CT molecular complexity index is 624. The third kappa shape index (κ3) is 4.18. The topological polar surface area (TPSA) is 57.9 Å². The number of nitrogens with zero attached hydrogens (tertiary/aromatic N) is 1. The maximum Gasteiger partial charge on any atom is 0.446 e. The highest BCUT2D eigenvalue weighted by Crippen LogP contribution is 2.42. The van der Waals surface area contributed by atoms with Gasteiger partial charge in [0.05, 0.1) is 11.6 Å². The maximum absolute atomic E-state index is 12.3. The first kappa shape index (κ1) is 15.9. The molecule has 1 aromatic rings. The van der Waals surface area contributed by atoms with E-state index in [0.717, 1.165) is 12.1 Å². The first-order chi connectivity index (χ1) is 8.04. The zero-order chi connectivity index (χ0) is 14.1. The standard InChI is InChI=1S/C8H2ClF3INO2S2/c9-18(15,16)7-5(13)1-4(3-14)2-6(7)17-8(10,11)12/h1-2H. The van der Waals surface area contributed by atoms with Gasteiger partial charge in [0.15, 0.2) is 0 Å². The molecule has 0 bridgehead atoms. The van der Waals surface area contributed by atoms with Crippen molar-refractivity contribution in [1.82, 2.24) is 0 Å². The number of benzene rings is 1. The second kappa shape index (κ2) is 5.44. The lowest BCUT2D eigenvalue weighted by Gasteiger charge is -2.11. The van der Waals surface area contributed by atoms with Crippen LogP contribution in [0.25, 0.3) is 0 Å². The van der Waals surface area contributed by atoms with E-state index in [4.69, 9.17) is 15.9 Å². The maximum atomic E-state index is 12.3. The van der Waals surface area contributed by atoms with E-state index in [1.54, 1.807) is 6.07 Å². The van der Waals surface area contributed by atoms with Crippen molar-refractivity contribution < 1.29 is 21.6 Å². The van der Waals surface area contributed by atoms with Crippen molar-refractivity contribution in [1.29, 1.82) is 5.26 Å². The van der Waals surface area contributed by atoms with Crippen LogP contribution in [0.5, 0.6) is 0 Å². The van der Waals surface area contributed by atoms with E-state index in [1.807, 2.05) is 0 Å². The predicted molar refractivity (Wildman–Crippen MR) is 68.8 cm³/mol. The minimum atomic E-state index is -4.67. The number of nitriles is 1. The molecular formula is C8H2ClF3INO2S2. The SMILES string of the molecule is N#Cc1cc(I)c(S(=O)(=O)Cl)c(SC(F)(F)F)c1. The average Bonchev–Trinajstić information content (AvgIpc) is 2.11. The molecular weight excluding hydrogens is 426 g/mol. The average molecular weight is 428 g/mol. The van der Waals surface area contributed by atoms with Gasteiger partial charge >= 0.3 is 5.51 Å². The summed E-state index contributed by atoms with van der Waals surface area (Å²) in [4.78, 5) is -1.24. The van der Waals surface area contributed by atoms with Crippen LogP contribution in [0.15, 0.2) is 21.9 Å². The highest BCUT2D eigenvalue weighted by molar-refractivity contribution is 14.1. The van der Waals surface area contributed by atoms with Crippen LogP contribution in [0.4, 0.5) is 13.2 Å². The summed E-state index contributed by atoms with van der Waals surface area (Å²) in [6.45, 7) is 0. The molecule has 1 rings (SSSR count). The summed E-state index contributed by atoms with van der Waals surface area (Å²) in [5.41, 5.74) is -4.75. The Morgan fingerprint density at radius 1 is 1.39 bits per heavy atom. The van der Waals surface area contributed by atoms with Crippen molar-refractivity contribution in [2.75, 3.05) is 0 Å². The van der Waals surface area contributed by atoms with Crippen molar-refractivity contribution in [2.45, 2.75) is 15.3 Å². The van der Waals surface area contributed by atoms with Crippen LogP contribution in [0.3, 0.4) is 0 Å².